The van der Waals surface area contributed by atoms with Crippen LogP contribution in [0.1, 0.15) is 51.2 Å². The van der Waals surface area contributed by atoms with E-state index in [1.807, 2.05) is 0 Å². The van der Waals surface area contributed by atoms with Gasteiger partial charge in [-0.15, -0.1) is 24.0 Å². The number of hydrogen-bond donors (Lipinski definition) is 2. The number of aliphatic imine (C=N–C) groups is 1. The largest absolute Gasteiger partial charge is 0.488 e. The standard InChI is InChI=1S/C20H30F3N3O3.HI/c1-19(2,3)29-15-10-9-14(16(12-15)20(21,22)23)13-26-18(24-4)25-11-7-6-8-17(27)28-5;/h9-10,12H,6-8,11,13H2,1-5H3,(H2,24,25,26);1H. The topological polar surface area (TPSA) is 72.0 Å². The van der Waals surface area contributed by atoms with Gasteiger partial charge in [0, 0.05) is 26.6 Å². The van der Waals surface area contributed by atoms with Crippen molar-refractivity contribution in [2.75, 3.05) is 20.7 Å². The summed E-state index contributed by atoms with van der Waals surface area (Å²) in [6, 6.07) is 3.95. The first-order valence-electron chi connectivity index (χ1n) is 9.36. The van der Waals surface area contributed by atoms with E-state index in [2.05, 4.69) is 20.4 Å². The van der Waals surface area contributed by atoms with Crippen LogP contribution in [0.25, 0.3) is 0 Å². The van der Waals surface area contributed by atoms with Crippen molar-refractivity contribution in [3.8, 4) is 5.75 Å². The number of unbranched alkanes of at least 4 members (excludes halogenated alkanes) is 1. The Bertz CT molecular complexity index is 705. The van der Waals surface area contributed by atoms with Crippen molar-refractivity contribution in [3.63, 3.8) is 0 Å². The van der Waals surface area contributed by atoms with Gasteiger partial charge in [-0.2, -0.15) is 13.2 Å². The number of carbonyl (C=O) groups excluding carboxylic acids is 1. The molecule has 0 aromatic heterocycles. The summed E-state index contributed by atoms with van der Waals surface area (Å²) in [5.74, 6) is 0.277. The summed E-state index contributed by atoms with van der Waals surface area (Å²) < 4.78 is 50.6. The van der Waals surface area contributed by atoms with Crippen molar-refractivity contribution in [2.24, 2.45) is 4.99 Å². The van der Waals surface area contributed by atoms with Crippen LogP contribution in [-0.4, -0.2) is 38.2 Å². The average molecular weight is 545 g/mol. The van der Waals surface area contributed by atoms with E-state index < -0.39 is 17.3 Å². The third-order valence-corrected chi connectivity index (χ3v) is 3.81. The molecular weight excluding hydrogens is 514 g/mol. The molecule has 0 fully saturated rings. The molecule has 1 aromatic carbocycles. The Kier molecular flexibility index (Phi) is 12.1. The maximum atomic E-state index is 13.5. The van der Waals surface area contributed by atoms with E-state index >= 15 is 0 Å². The zero-order chi connectivity index (χ0) is 22.1. The van der Waals surface area contributed by atoms with Crippen molar-refractivity contribution in [2.45, 2.75) is 58.4 Å². The van der Waals surface area contributed by atoms with Gasteiger partial charge in [0.05, 0.1) is 12.7 Å². The first kappa shape index (κ1) is 28.3. The van der Waals surface area contributed by atoms with Crippen LogP contribution in [0.2, 0.25) is 0 Å². The van der Waals surface area contributed by atoms with E-state index in [0.717, 1.165) is 6.07 Å². The fourth-order valence-electron chi connectivity index (χ4n) is 2.49. The molecule has 6 nitrogen and oxygen atoms in total. The first-order chi connectivity index (χ1) is 13.5. The van der Waals surface area contributed by atoms with Crippen molar-refractivity contribution in [3.05, 3.63) is 29.3 Å². The predicted octanol–water partition coefficient (Wildman–Crippen LogP) is 4.51. The normalized spacial score (nSPS) is 12.1. The van der Waals surface area contributed by atoms with Gasteiger partial charge in [-0.1, -0.05) is 6.07 Å². The summed E-state index contributed by atoms with van der Waals surface area (Å²) in [6.07, 6.45) is -2.84. The minimum Gasteiger partial charge on any atom is -0.488 e. The molecule has 0 radical (unpaired) electrons. The number of benzene rings is 1. The summed E-state index contributed by atoms with van der Waals surface area (Å²) >= 11 is 0. The van der Waals surface area contributed by atoms with Gasteiger partial charge in [0.2, 0.25) is 0 Å². The quantitative estimate of drug-likeness (QED) is 0.166. The highest BCUT2D eigenvalue weighted by Gasteiger charge is 2.34. The molecule has 0 spiro atoms. The third kappa shape index (κ3) is 10.9. The van der Waals surface area contributed by atoms with Gasteiger partial charge in [-0.05, 0) is 51.3 Å². The van der Waals surface area contributed by atoms with Crippen LogP contribution in [0.15, 0.2) is 23.2 Å². The molecule has 1 aromatic rings. The maximum Gasteiger partial charge on any atom is 0.416 e. The predicted molar refractivity (Wildman–Crippen MR) is 121 cm³/mol. The van der Waals surface area contributed by atoms with Crippen LogP contribution in [0.4, 0.5) is 13.2 Å². The van der Waals surface area contributed by atoms with E-state index in [9.17, 15) is 18.0 Å². The number of guanidine groups is 1. The van der Waals surface area contributed by atoms with E-state index in [1.165, 1.54) is 26.3 Å². The molecule has 0 bridgehead atoms. The van der Waals surface area contributed by atoms with Crippen LogP contribution in [0, 0.1) is 0 Å². The maximum absolute atomic E-state index is 13.5. The molecular formula is C20H31F3IN3O3. The van der Waals surface area contributed by atoms with Gasteiger partial charge in [-0.25, -0.2) is 0 Å². The highest BCUT2D eigenvalue weighted by Crippen LogP contribution is 2.35. The second kappa shape index (κ2) is 12.9. The van der Waals surface area contributed by atoms with Gasteiger partial charge in [0.1, 0.15) is 11.4 Å². The smallest absolute Gasteiger partial charge is 0.416 e. The van der Waals surface area contributed by atoms with Gasteiger partial charge < -0.3 is 20.1 Å². The lowest BCUT2D eigenvalue weighted by molar-refractivity contribution is -0.141. The highest BCUT2D eigenvalue weighted by atomic mass is 127. The summed E-state index contributed by atoms with van der Waals surface area (Å²) in [5, 5.41) is 5.90. The number of rotatable bonds is 8. The van der Waals surface area contributed by atoms with E-state index in [-0.39, 0.29) is 47.8 Å². The third-order valence-electron chi connectivity index (χ3n) is 3.81. The van der Waals surface area contributed by atoms with Crippen LogP contribution < -0.4 is 15.4 Å². The fourth-order valence-corrected chi connectivity index (χ4v) is 2.49. The van der Waals surface area contributed by atoms with Crippen molar-refractivity contribution in [1.82, 2.24) is 10.6 Å². The zero-order valence-electron chi connectivity index (χ0n) is 18.0. The SMILES string of the molecule is CN=C(NCCCCC(=O)OC)NCc1ccc(OC(C)(C)C)cc1C(F)(F)F.I. The number of alkyl halides is 3. The number of nitrogens with zero attached hydrogens (tertiary/aromatic N) is 1. The van der Waals surface area contributed by atoms with Gasteiger partial charge in [0.25, 0.3) is 0 Å². The fraction of sp³-hybridized carbons (Fsp3) is 0.600. The second-order valence-electron chi connectivity index (χ2n) is 7.42. The Balaban J connectivity index is 0.00000841. The summed E-state index contributed by atoms with van der Waals surface area (Å²) in [4.78, 5) is 15.1. The molecule has 0 saturated heterocycles. The second-order valence-corrected chi connectivity index (χ2v) is 7.42. The van der Waals surface area contributed by atoms with Crippen molar-refractivity contribution >= 4 is 35.9 Å². The molecule has 0 heterocycles. The monoisotopic (exact) mass is 545 g/mol. The minimum atomic E-state index is -4.50. The zero-order valence-corrected chi connectivity index (χ0v) is 20.3. The van der Waals surface area contributed by atoms with Crippen LogP contribution in [-0.2, 0) is 22.3 Å². The van der Waals surface area contributed by atoms with Gasteiger partial charge in [-0.3, -0.25) is 9.79 Å². The van der Waals surface area contributed by atoms with E-state index in [1.54, 1.807) is 20.8 Å². The minimum absolute atomic E-state index is 0. The Labute approximate surface area is 193 Å². The number of methoxy groups -OCH3 is 1. The summed E-state index contributed by atoms with van der Waals surface area (Å²) in [5.41, 5.74) is -1.25. The lowest BCUT2D eigenvalue weighted by Crippen LogP contribution is -2.37. The molecule has 172 valence electrons. The molecule has 0 atom stereocenters. The van der Waals surface area contributed by atoms with Crippen LogP contribution in [0.3, 0.4) is 0 Å². The number of hydrogen-bond acceptors (Lipinski definition) is 4. The molecule has 1 rings (SSSR count). The van der Waals surface area contributed by atoms with Crippen LogP contribution >= 0.6 is 24.0 Å². The van der Waals surface area contributed by atoms with Crippen LogP contribution in [0.5, 0.6) is 5.75 Å². The molecule has 0 amide bonds. The van der Waals surface area contributed by atoms with E-state index in [0.29, 0.717) is 31.8 Å². The molecule has 0 saturated carbocycles. The lowest BCUT2D eigenvalue weighted by Gasteiger charge is -2.23. The summed E-state index contributed by atoms with van der Waals surface area (Å²) in [6.45, 7) is 5.80. The van der Waals surface area contributed by atoms with Gasteiger partial charge in [0.15, 0.2) is 5.96 Å². The number of nitrogens with one attached hydrogen (secondary N) is 2. The lowest BCUT2D eigenvalue weighted by atomic mass is 10.1. The number of esters is 1. The average Bonchev–Trinajstić information content (AvgIpc) is 2.62. The Hall–Kier alpha value is -1.72. The molecule has 0 unspecified atom stereocenters. The Morgan fingerprint density at radius 1 is 1.13 bits per heavy atom. The number of carbonyl (C=O) groups is 1. The number of ether oxygens (including phenoxy) is 2. The Morgan fingerprint density at radius 3 is 2.33 bits per heavy atom. The summed E-state index contributed by atoms with van der Waals surface area (Å²) in [7, 11) is 2.87. The highest BCUT2D eigenvalue weighted by molar-refractivity contribution is 14.0. The molecule has 30 heavy (non-hydrogen) atoms. The first-order valence-corrected chi connectivity index (χ1v) is 9.36. The number of halogens is 4. The molecule has 10 heteroatoms. The Morgan fingerprint density at radius 2 is 1.80 bits per heavy atom. The molecule has 0 aliphatic heterocycles. The molecule has 0 aliphatic carbocycles. The molecule has 0 aliphatic rings. The molecule has 2 N–H and O–H groups in total. The van der Waals surface area contributed by atoms with E-state index in [4.69, 9.17) is 4.74 Å². The van der Waals surface area contributed by atoms with Crippen molar-refractivity contribution in [1.29, 1.82) is 0 Å². The van der Waals surface area contributed by atoms with Gasteiger partial charge >= 0.3 is 12.1 Å². The van der Waals surface area contributed by atoms with Crippen molar-refractivity contribution < 1.29 is 27.4 Å².